The number of rotatable bonds is 3. The number of benzene rings is 1. The molecule has 0 saturated carbocycles. The van der Waals surface area contributed by atoms with Crippen molar-refractivity contribution in [3.05, 3.63) is 30.1 Å². The lowest BCUT2D eigenvalue weighted by atomic mass is 10.1. The first-order valence-corrected chi connectivity index (χ1v) is 7.40. The number of hydrogen-bond donors (Lipinski definition) is 2. The van der Waals surface area contributed by atoms with E-state index in [0.29, 0.717) is 6.10 Å². The monoisotopic (exact) mass is 282 g/mol. The van der Waals surface area contributed by atoms with Gasteiger partial charge in [0.15, 0.2) is 5.82 Å². The Morgan fingerprint density at radius 1 is 1.38 bits per heavy atom. The number of aromatic amines is 1. The molecule has 0 spiro atoms. The summed E-state index contributed by atoms with van der Waals surface area (Å²) in [4.78, 5) is 12.2. The number of nitrogens with one attached hydrogen (secondary N) is 2. The highest BCUT2D eigenvalue weighted by Gasteiger charge is 2.16. The summed E-state index contributed by atoms with van der Waals surface area (Å²) in [5.41, 5.74) is 4.27. The van der Waals surface area contributed by atoms with E-state index in [-0.39, 0.29) is 0 Å². The van der Waals surface area contributed by atoms with Crippen LogP contribution in [0, 0.1) is 6.92 Å². The highest BCUT2D eigenvalue weighted by Crippen LogP contribution is 2.28. The van der Waals surface area contributed by atoms with Crippen molar-refractivity contribution in [1.82, 2.24) is 15.0 Å². The topological polar surface area (TPSA) is 62.8 Å². The summed E-state index contributed by atoms with van der Waals surface area (Å²) in [7, 11) is 0. The predicted octanol–water partition coefficient (Wildman–Crippen LogP) is 3.01. The minimum absolute atomic E-state index is 0.293. The second-order valence-corrected chi connectivity index (χ2v) is 5.64. The molecule has 0 bridgehead atoms. The number of aryl methyl sites for hydroxylation is 1. The van der Waals surface area contributed by atoms with Gasteiger partial charge in [0, 0.05) is 24.1 Å². The zero-order chi connectivity index (χ0) is 14.2. The van der Waals surface area contributed by atoms with Gasteiger partial charge in [0.05, 0.1) is 6.10 Å². The third-order valence-electron chi connectivity index (χ3n) is 4.06. The predicted molar refractivity (Wildman–Crippen MR) is 83.6 cm³/mol. The maximum Gasteiger partial charge on any atom is 0.153 e. The summed E-state index contributed by atoms with van der Waals surface area (Å²) in [5, 5.41) is 4.54. The molecule has 1 aromatic carbocycles. The second-order valence-electron chi connectivity index (χ2n) is 5.64. The van der Waals surface area contributed by atoms with Crippen molar-refractivity contribution < 1.29 is 4.74 Å². The number of hydrogen-bond acceptors (Lipinski definition) is 4. The van der Waals surface area contributed by atoms with E-state index < -0.39 is 0 Å². The van der Waals surface area contributed by atoms with Gasteiger partial charge in [0.1, 0.15) is 17.4 Å². The van der Waals surface area contributed by atoms with Gasteiger partial charge in [-0.3, -0.25) is 0 Å². The van der Waals surface area contributed by atoms with Crippen LogP contribution >= 0.6 is 0 Å². The molecule has 2 N–H and O–H groups in total. The molecule has 3 aromatic rings. The number of anilines is 1. The van der Waals surface area contributed by atoms with E-state index in [0.717, 1.165) is 53.7 Å². The molecule has 0 aliphatic carbocycles. The van der Waals surface area contributed by atoms with Gasteiger partial charge in [0.2, 0.25) is 0 Å². The van der Waals surface area contributed by atoms with Crippen molar-refractivity contribution in [2.75, 3.05) is 18.5 Å². The molecule has 3 heterocycles. The van der Waals surface area contributed by atoms with Crippen molar-refractivity contribution in [3.63, 3.8) is 0 Å². The lowest BCUT2D eigenvalue weighted by Crippen LogP contribution is -2.19. The van der Waals surface area contributed by atoms with E-state index in [1.165, 1.54) is 5.56 Å². The largest absolute Gasteiger partial charge is 0.376 e. The molecule has 21 heavy (non-hydrogen) atoms. The summed E-state index contributed by atoms with van der Waals surface area (Å²) in [6.07, 6.45) is 4.18. The Balaban J connectivity index is 1.73. The molecule has 0 radical (unpaired) electrons. The fourth-order valence-electron chi connectivity index (χ4n) is 2.96. The SMILES string of the molecule is Cc1ccc2[nH]c3c(NC[C@H]4CCCO4)ncnc3c2c1. The molecule has 108 valence electrons. The maximum atomic E-state index is 5.65. The van der Waals surface area contributed by atoms with Gasteiger partial charge in [-0.2, -0.15) is 0 Å². The normalized spacial score (nSPS) is 18.6. The third-order valence-corrected chi connectivity index (χ3v) is 4.06. The summed E-state index contributed by atoms with van der Waals surface area (Å²) in [5.74, 6) is 0.851. The molecule has 5 heteroatoms. The van der Waals surface area contributed by atoms with Crippen molar-refractivity contribution in [3.8, 4) is 0 Å². The van der Waals surface area contributed by atoms with E-state index in [9.17, 15) is 0 Å². The molecule has 4 rings (SSSR count). The molecular formula is C16H18N4O. The fraction of sp³-hybridized carbons (Fsp3) is 0.375. The minimum atomic E-state index is 0.293. The van der Waals surface area contributed by atoms with Crippen LogP contribution in [-0.2, 0) is 4.74 Å². The number of nitrogens with zero attached hydrogens (tertiary/aromatic N) is 2. The molecule has 1 atom stereocenters. The van der Waals surface area contributed by atoms with Crippen LogP contribution in [-0.4, -0.2) is 34.2 Å². The van der Waals surface area contributed by atoms with E-state index in [1.807, 2.05) is 0 Å². The molecule has 0 amide bonds. The first-order chi connectivity index (χ1) is 10.3. The average molecular weight is 282 g/mol. The third kappa shape index (κ3) is 2.23. The molecule has 1 aliphatic rings. The molecule has 1 fully saturated rings. The van der Waals surface area contributed by atoms with Gasteiger partial charge in [-0.05, 0) is 31.9 Å². The van der Waals surface area contributed by atoms with Crippen molar-refractivity contribution >= 4 is 27.8 Å². The van der Waals surface area contributed by atoms with E-state index in [1.54, 1.807) is 6.33 Å². The van der Waals surface area contributed by atoms with Crippen molar-refractivity contribution in [2.45, 2.75) is 25.9 Å². The Morgan fingerprint density at radius 2 is 2.33 bits per heavy atom. The summed E-state index contributed by atoms with van der Waals surface area (Å²) in [6.45, 7) is 3.76. The van der Waals surface area contributed by atoms with Crippen LogP contribution < -0.4 is 5.32 Å². The van der Waals surface area contributed by atoms with Crippen LogP contribution in [0.5, 0.6) is 0 Å². The Labute approximate surface area is 122 Å². The lowest BCUT2D eigenvalue weighted by molar-refractivity contribution is 0.120. The highest BCUT2D eigenvalue weighted by molar-refractivity contribution is 6.08. The molecule has 5 nitrogen and oxygen atoms in total. The number of ether oxygens (including phenoxy) is 1. The maximum absolute atomic E-state index is 5.65. The smallest absolute Gasteiger partial charge is 0.153 e. The van der Waals surface area contributed by atoms with Crippen LogP contribution in [0.3, 0.4) is 0 Å². The van der Waals surface area contributed by atoms with Crippen LogP contribution in [0.2, 0.25) is 0 Å². The Kier molecular flexibility index (Phi) is 3.00. The summed E-state index contributed by atoms with van der Waals surface area (Å²) in [6, 6.07) is 6.35. The molecular weight excluding hydrogens is 264 g/mol. The van der Waals surface area contributed by atoms with Crippen LogP contribution in [0.4, 0.5) is 5.82 Å². The van der Waals surface area contributed by atoms with Gasteiger partial charge in [-0.25, -0.2) is 9.97 Å². The second kappa shape index (κ2) is 5.00. The number of H-pyrrole nitrogens is 1. The molecule has 0 unspecified atom stereocenters. The Bertz CT molecular complexity index is 789. The average Bonchev–Trinajstić information content (AvgIpc) is 3.12. The van der Waals surface area contributed by atoms with E-state index >= 15 is 0 Å². The molecule has 1 saturated heterocycles. The van der Waals surface area contributed by atoms with Gasteiger partial charge in [0.25, 0.3) is 0 Å². The summed E-state index contributed by atoms with van der Waals surface area (Å²) < 4.78 is 5.65. The van der Waals surface area contributed by atoms with Crippen LogP contribution in [0.15, 0.2) is 24.5 Å². The quantitative estimate of drug-likeness (QED) is 0.775. The summed E-state index contributed by atoms with van der Waals surface area (Å²) >= 11 is 0. The minimum Gasteiger partial charge on any atom is -0.376 e. The van der Waals surface area contributed by atoms with Crippen molar-refractivity contribution in [2.24, 2.45) is 0 Å². The number of fused-ring (bicyclic) bond motifs is 3. The van der Waals surface area contributed by atoms with Gasteiger partial charge >= 0.3 is 0 Å². The Hall–Kier alpha value is -2.14. The van der Waals surface area contributed by atoms with Crippen LogP contribution in [0.1, 0.15) is 18.4 Å². The van der Waals surface area contributed by atoms with E-state index in [4.69, 9.17) is 4.74 Å². The first kappa shape index (κ1) is 12.6. The lowest BCUT2D eigenvalue weighted by Gasteiger charge is -2.11. The van der Waals surface area contributed by atoms with E-state index in [2.05, 4.69) is 45.4 Å². The van der Waals surface area contributed by atoms with Crippen LogP contribution in [0.25, 0.3) is 21.9 Å². The molecule has 2 aromatic heterocycles. The van der Waals surface area contributed by atoms with Gasteiger partial charge < -0.3 is 15.0 Å². The fourth-order valence-corrected chi connectivity index (χ4v) is 2.96. The zero-order valence-corrected chi connectivity index (χ0v) is 12.0. The Morgan fingerprint density at radius 3 is 3.19 bits per heavy atom. The molecule has 1 aliphatic heterocycles. The van der Waals surface area contributed by atoms with Gasteiger partial charge in [-0.15, -0.1) is 0 Å². The highest BCUT2D eigenvalue weighted by atomic mass is 16.5. The van der Waals surface area contributed by atoms with Crippen molar-refractivity contribution in [1.29, 1.82) is 0 Å². The number of aromatic nitrogens is 3. The van der Waals surface area contributed by atoms with Gasteiger partial charge in [-0.1, -0.05) is 11.6 Å². The zero-order valence-electron chi connectivity index (χ0n) is 12.0. The standard InChI is InChI=1S/C16H18N4O/c1-10-4-5-13-12(7-10)14-15(20-13)16(19-9-18-14)17-8-11-3-2-6-21-11/h4-5,7,9,11,20H,2-3,6,8H2,1H3,(H,17,18,19)/t11-/m1/s1. The first-order valence-electron chi connectivity index (χ1n) is 7.40.